The van der Waals surface area contributed by atoms with E-state index in [4.69, 9.17) is 13.8 Å². The van der Waals surface area contributed by atoms with Gasteiger partial charge in [-0.05, 0) is 85.1 Å². The van der Waals surface area contributed by atoms with Crippen LogP contribution in [-0.2, 0) is 23.6 Å². The molecule has 0 aromatic heterocycles. The zero-order chi connectivity index (χ0) is 26.6. The zero-order valence-corrected chi connectivity index (χ0v) is 22.3. The van der Waals surface area contributed by atoms with Gasteiger partial charge in [-0.3, -0.25) is 9.57 Å². The lowest BCUT2D eigenvalue weighted by molar-refractivity contribution is 0.181. The van der Waals surface area contributed by atoms with Gasteiger partial charge in [0.1, 0.15) is 11.6 Å². The maximum Gasteiger partial charge on any atom is 0.359 e. The van der Waals surface area contributed by atoms with Gasteiger partial charge in [0.2, 0.25) is 0 Å². The van der Waals surface area contributed by atoms with E-state index in [9.17, 15) is 17.4 Å². The van der Waals surface area contributed by atoms with Crippen molar-refractivity contribution in [1.29, 1.82) is 0 Å². The molecule has 4 rings (SSSR count). The van der Waals surface area contributed by atoms with Crippen LogP contribution < -0.4 is 9.57 Å². The fourth-order valence-corrected chi connectivity index (χ4v) is 7.37. The Kier molecular flexibility index (Phi) is 8.16. The molecule has 0 bridgehead atoms. The topological polar surface area (TPSA) is 94.2 Å². The monoisotopic (exact) mass is 546 g/mol. The van der Waals surface area contributed by atoms with E-state index in [0.717, 1.165) is 0 Å². The van der Waals surface area contributed by atoms with Gasteiger partial charge < -0.3 is 13.8 Å². The molecular weight excluding hydrogens is 518 g/mol. The van der Waals surface area contributed by atoms with Gasteiger partial charge in [0.25, 0.3) is 10.0 Å². The number of nitrogens with zero attached hydrogens (tertiary/aromatic N) is 1. The first-order chi connectivity index (χ1) is 17.7. The van der Waals surface area contributed by atoms with Crippen molar-refractivity contribution in [3.63, 3.8) is 0 Å². The number of nitrogens with one attached hydrogen (secondary N) is 1. The molecule has 196 valence electrons. The molecule has 0 saturated carbocycles. The molecule has 8 nitrogen and oxygen atoms in total. The van der Waals surface area contributed by atoms with E-state index in [1.165, 1.54) is 36.4 Å². The minimum Gasteiger partial charge on any atom is -0.497 e. The van der Waals surface area contributed by atoms with E-state index < -0.39 is 29.2 Å². The molecule has 1 heterocycles. The maximum atomic E-state index is 14.5. The molecule has 37 heavy (non-hydrogen) atoms. The van der Waals surface area contributed by atoms with Gasteiger partial charge in [0, 0.05) is 0 Å². The van der Waals surface area contributed by atoms with Crippen molar-refractivity contribution < 1.29 is 31.2 Å². The maximum absolute atomic E-state index is 14.5. The van der Waals surface area contributed by atoms with Gasteiger partial charge in [-0.25, -0.2) is 12.8 Å². The lowest BCUT2D eigenvalue weighted by Crippen LogP contribution is -2.45. The van der Waals surface area contributed by atoms with E-state index in [1.807, 2.05) is 0 Å². The summed E-state index contributed by atoms with van der Waals surface area (Å²) >= 11 is 0. The van der Waals surface area contributed by atoms with Crippen molar-refractivity contribution in [2.24, 2.45) is 0 Å². The highest BCUT2D eigenvalue weighted by Crippen LogP contribution is 2.65. The Balaban J connectivity index is 1.97. The standard InChI is InChI=1S/C26H28FN2O6PS/c1-4-34-36(30,35-5-2)26-24-18-21(27)14-11-20(24)17-25(19-12-15-22(33-3)16-13-19)29(26)28-37(31,32)23-9-7-6-8-10-23/h6-18,26,28H,4-5H2,1-3H3. The molecule has 1 N–H and O–H groups in total. The van der Waals surface area contributed by atoms with Gasteiger partial charge in [0.05, 0.1) is 30.9 Å². The van der Waals surface area contributed by atoms with Crippen LogP contribution in [0.15, 0.2) is 77.7 Å². The third-order valence-electron chi connectivity index (χ3n) is 5.70. The van der Waals surface area contributed by atoms with E-state index in [-0.39, 0.29) is 23.7 Å². The molecule has 0 spiro atoms. The molecule has 1 aliphatic heterocycles. The molecular formula is C26H28FN2O6PS. The Morgan fingerprint density at radius 3 is 2.22 bits per heavy atom. The van der Waals surface area contributed by atoms with Crippen molar-refractivity contribution in [1.82, 2.24) is 9.84 Å². The number of halogens is 1. The van der Waals surface area contributed by atoms with Crippen molar-refractivity contribution in [2.75, 3.05) is 20.3 Å². The second-order valence-corrected chi connectivity index (χ2v) is 11.8. The summed E-state index contributed by atoms with van der Waals surface area (Å²) in [6, 6.07) is 18.8. The summed E-state index contributed by atoms with van der Waals surface area (Å²) in [7, 11) is -6.71. The smallest absolute Gasteiger partial charge is 0.359 e. The summed E-state index contributed by atoms with van der Waals surface area (Å²) in [5.74, 6) is -1.29. The first kappa shape index (κ1) is 27.0. The number of benzene rings is 3. The predicted octanol–water partition coefficient (Wildman–Crippen LogP) is 5.81. The highest BCUT2D eigenvalue weighted by Gasteiger charge is 2.47. The summed E-state index contributed by atoms with van der Waals surface area (Å²) in [5, 5.41) is 1.23. The molecule has 0 amide bonds. The van der Waals surface area contributed by atoms with Crippen LogP contribution in [0, 0.1) is 5.82 Å². The van der Waals surface area contributed by atoms with Crippen LogP contribution in [0.25, 0.3) is 11.8 Å². The normalized spacial score (nSPS) is 15.7. The van der Waals surface area contributed by atoms with Gasteiger partial charge >= 0.3 is 7.60 Å². The van der Waals surface area contributed by atoms with Gasteiger partial charge in [0.15, 0.2) is 5.78 Å². The van der Waals surface area contributed by atoms with Crippen LogP contribution in [0.5, 0.6) is 5.75 Å². The van der Waals surface area contributed by atoms with Gasteiger partial charge in [-0.2, -0.15) is 0 Å². The summed E-state index contributed by atoms with van der Waals surface area (Å²) in [6.45, 7) is 3.36. The zero-order valence-electron chi connectivity index (χ0n) is 20.6. The van der Waals surface area contributed by atoms with Gasteiger partial charge in [-0.15, -0.1) is 4.83 Å². The lowest BCUT2D eigenvalue weighted by atomic mass is 9.99. The van der Waals surface area contributed by atoms with E-state index >= 15 is 0 Å². The lowest BCUT2D eigenvalue weighted by Gasteiger charge is -2.41. The number of hydrogen-bond acceptors (Lipinski definition) is 7. The highest BCUT2D eigenvalue weighted by molar-refractivity contribution is 7.89. The third kappa shape index (κ3) is 5.63. The summed E-state index contributed by atoms with van der Waals surface area (Å²) in [6.07, 6.45) is 1.70. The largest absolute Gasteiger partial charge is 0.497 e. The van der Waals surface area contributed by atoms with Crippen LogP contribution in [0.4, 0.5) is 4.39 Å². The first-order valence-corrected chi connectivity index (χ1v) is 14.7. The molecule has 0 aliphatic carbocycles. The van der Waals surface area contributed by atoms with E-state index in [2.05, 4.69) is 4.83 Å². The Hall–Kier alpha value is -3.01. The average Bonchev–Trinajstić information content (AvgIpc) is 2.89. The fourth-order valence-electron chi connectivity index (χ4n) is 4.10. The SMILES string of the molecule is CCOP(=O)(OCC)C1c2cc(F)ccc2C=C(c2ccc(OC)cc2)N1NS(=O)(=O)c1ccccc1. The van der Waals surface area contributed by atoms with Crippen LogP contribution in [0.2, 0.25) is 0 Å². The van der Waals surface area contributed by atoms with Crippen LogP contribution >= 0.6 is 7.60 Å². The summed E-state index contributed by atoms with van der Waals surface area (Å²) in [4.78, 5) is 2.57. The Morgan fingerprint density at radius 2 is 1.62 bits per heavy atom. The molecule has 3 aromatic rings. The molecule has 1 unspecified atom stereocenters. The van der Waals surface area contributed by atoms with E-state index in [1.54, 1.807) is 68.5 Å². The Labute approximate surface area is 216 Å². The second kappa shape index (κ2) is 11.2. The predicted molar refractivity (Wildman–Crippen MR) is 139 cm³/mol. The number of hydrazine groups is 1. The fraction of sp³-hybridized carbons (Fsp3) is 0.231. The van der Waals surface area contributed by atoms with Crippen molar-refractivity contribution >= 4 is 29.4 Å². The number of sulfonamides is 1. The van der Waals surface area contributed by atoms with Crippen LogP contribution in [0.1, 0.15) is 36.3 Å². The second-order valence-electron chi connectivity index (χ2n) is 8.06. The van der Waals surface area contributed by atoms with Crippen LogP contribution in [0.3, 0.4) is 0 Å². The minimum atomic E-state index is -4.16. The molecule has 1 atom stereocenters. The number of methoxy groups -OCH3 is 1. The first-order valence-electron chi connectivity index (χ1n) is 11.6. The quantitative estimate of drug-likeness (QED) is 0.321. The van der Waals surface area contributed by atoms with Crippen molar-refractivity contribution in [2.45, 2.75) is 24.5 Å². The van der Waals surface area contributed by atoms with Crippen LogP contribution in [-0.4, -0.2) is 33.8 Å². The molecule has 3 aromatic carbocycles. The third-order valence-corrected chi connectivity index (χ3v) is 9.37. The summed E-state index contributed by atoms with van der Waals surface area (Å²) < 4.78 is 72.3. The Bertz CT molecular complexity index is 1420. The number of fused-ring (bicyclic) bond motifs is 1. The minimum absolute atomic E-state index is 0.00415. The molecule has 1 aliphatic rings. The highest BCUT2D eigenvalue weighted by atomic mass is 32.2. The molecule has 11 heteroatoms. The van der Waals surface area contributed by atoms with E-state index in [0.29, 0.717) is 22.6 Å². The number of hydrogen-bond donors (Lipinski definition) is 1. The molecule has 0 fully saturated rings. The number of rotatable bonds is 10. The van der Waals surface area contributed by atoms with Crippen molar-refractivity contribution in [3.05, 3.63) is 95.3 Å². The summed E-state index contributed by atoms with van der Waals surface area (Å²) in [5.41, 5.74) is 1.77. The molecule has 0 radical (unpaired) electrons. The number of ether oxygens (including phenoxy) is 1. The van der Waals surface area contributed by atoms with Gasteiger partial charge in [-0.1, -0.05) is 24.3 Å². The average molecular weight is 547 g/mol. The van der Waals surface area contributed by atoms with Crippen molar-refractivity contribution in [3.8, 4) is 5.75 Å². The molecule has 0 saturated heterocycles. The Morgan fingerprint density at radius 1 is 0.973 bits per heavy atom.